The van der Waals surface area contributed by atoms with E-state index in [1.807, 2.05) is 25.3 Å². The van der Waals surface area contributed by atoms with Crippen LogP contribution in [-0.2, 0) is 0 Å². The summed E-state index contributed by atoms with van der Waals surface area (Å²) in [4.78, 5) is 0. The Morgan fingerprint density at radius 3 is 2.57 bits per heavy atom. The zero-order chi connectivity index (χ0) is 10.3. The van der Waals surface area contributed by atoms with E-state index < -0.39 is 7.12 Å². The summed E-state index contributed by atoms with van der Waals surface area (Å²) in [7, 11) is -1.38. The molecule has 1 aromatic carbocycles. The molecule has 2 N–H and O–H groups in total. The first-order valence-electron chi connectivity index (χ1n) is 4.44. The Kier molecular flexibility index (Phi) is 2.35. The van der Waals surface area contributed by atoms with Crippen molar-refractivity contribution in [3.05, 3.63) is 28.6 Å². The van der Waals surface area contributed by atoms with Gasteiger partial charge in [-0.2, -0.15) is 0 Å². The monoisotopic (exact) mass is 206 g/mol. The number of benzene rings is 1. The van der Waals surface area contributed by atoms with E-state index in [0.717, 1.165) is 15.6 Å². The van der Waals surface area contributed by atoms with Gasteiger partial charge in [-0.1, -0.05) is 17.7 Å². The van der Waals surface area contributed by atoms with Gasteiger partial charge in [0.25, 0.3) is 0 Å². The Morgan fingerprint density at radius 2 is 1.93 bits per heavy atom. The quantitative estimate of drug-likeness (QED) is 0.688. The Labute approximate surface area is 87.0 Å². The maximum Gasteiger partial charge on any atom is 0.489 e. The highest BCUT2D eigenvalue weighted by Crippen LogP contribution is 2.24. The van der Waals surface area contributed by atoms with Gasteiger partial charge in [0, 0.05) is 10.2 Å². The van der Waals surface area contributed by atoms with E-state index in [1.165, 1.54) is 5.56 Å². The second-order valence-electron chi connectivity index (χ2n) is 3.52. The van der Waals surface area contributed by atoms with Gasteiger partial charge < -0.3 is 10.0 Å². The fourth-order valence-corrected chi connectivity index (χ4v) is 2.70. The molecule has 0 amide bonds. The summed E-state index contributed by atoms with van der Waals surface area (Å²) in [5.41, 5.74) is 2.86. The van der Waals surface area contributed by atoms with E-state index in [1.54, 1.807) is 11.3 Å². The Balaban J connectivity index is 2.82. The predicted octanol–water partition coefficient (Wildman–Crippen LogP) is 1.20. The third-order valence-corrected chi connectivity index (χ3v) is 3.48. The van der Waals surface area contributed by atoms with Crippen LogP contribution in [0, 0.1) is 13.8 Å². The van der Waals surface area contributed by atoms with Crippen molar-refractivity contribution in [2.24, 2.45) is 0 Å². The lowest BCUT2D eigenvalue weighted by Crippen LogP contribution is -2.30. The van der Waals surface area contributed by atoms with Gasteiger partial charge >= 0.3 is 7.12 Å². The lowest BCUT2D eigenvalue weighted by molar-refractivity contribution is 0.426. The first kappa shape index (κ1) is 9.71. The number of rotatable bonds is 1. The van der Waals surface area contributed by atoms with Crippen LogP contribution in [0.4, 0.5) is 0 Å². The van der Waals surface area contributed by atoms with Crippen LogP contribution in [0.2, 0.25) is 0 Å². The molecule has 0 atom stereocenters. The minimum atomic E-state index is -1.38. The van der Waals surface area contributed by atoms with Gasteiger partial charge in [-0.15, -0.1) is 11.3 Å². The number of aryl methyl sites for hydroxylation is 2. The van der Waals surface area contributed by atoms with Crippen molar-refractivity contribution in [3.8, 4) is 0 Å². The molecule has 2 nitrogen and oxygen atoms in total. The molecule has 0 bridgehead atoms. The van der Waals surface area contributed by atoms with Gasteiger partial charge in [0.2, 0.25) is 0 Å². The average molecular weight is 206 g/mol. The van der Waals surface area contributed by atoms with E-state index in [2.05, 4.69) is 6.07 Å². The molecule has 0 unspecified atom stereocenters. The maximum atomic E-state index is 9.22. The van der Waals surface area contributed by atoms with E-state index >= 15 is 0 Å². The van der Waals surface area contributed by atoms with Crippen LogP contribution in [0.5, 0.6) is 0 Å². The third kappa shape index (κ3) is 1.45. The van der Waals surface area contributed by atoms with Crippen LogP contribution in [0.25, 0.3) is 10.1 Å². The largest absolute Gasteiger partial charge is 0.489 e. The van der Waals surface area contributed by atoms with Crippen molar-refractivity contribution < 1.29 is 10.0 Å². The maximum absolute atomic E-state index is 9.22. The van der Waals surface area contributed by atoms with Crippen molar-refractivity contribution >= 4 is 34.0 Å². The molecule has 1 aromatic heterocycles. The van der Waals surface area contributed by atoms with Crippen molar-refractivity contribution in [1.82, 2.24) is 0 Å². The van der Waals surface area contributed by atoms with Crippen molar-refractivity contribution in [2.45, 2.75) is 13.8 Å². The normalized spacial score (nSPS) is 10.9. The van der Waals surface area contributed by atoms with Crippen LogP contribution in [0.3, 0.4) is 0 Å². The third-order valence-electron chi connectivity index (χ3n) is 2.32. The molecule has 0 aliphatic rings. The van der Waals surface area contributed by atoms with Gasteiger partial charge in [-0.3, -0.25) is 0 Å². The zero-order valence-electron chi connectivity index (χ0n) is 8.11. The Bertz CT molecular complexity index is 476. The van der Waals surface area contributed by atoms with Crippen molar-refractivity contribution in [1.29, 1.82) is 0 Å². The first-order chi connectivity index (χ1) is 6.59. The molecular formula is C10H11BO2S. The molecular weight excluding hydrogens is 195 g/mol. The second kappa shape index (κ2) is 3.39. The molecule has 2 aromatic rings. The lowest BCUT2D eigenvalue weighted by Gasteiger charge is -2.03. The second-order valence-corrected chi connectivity index (χ2v) is 4.40. The molecule has 0 spiro atoms. The zero-order valence-corrected chi connectivity index (χ0v) is 8.93. The summed E-state index contributed by atoms with van der Waals surface area (Å²) in [6, 6.07) is 3.90. The van der Waals surface area contributed by atoms with Crippen LogP contribution in [0.15, 0.2) is 17.5 Å². The molecule has 0 saturated carbocycles. The van der Waals surface area contributed by atoms with Gasteiger partial charge in [0.1, 0.15) is 0 Å². The van der Waals surface area contributed by atoms with Crippen LogP contribution in [0.1, 0.15) is 11.1 Å². The number of thiophene rings is 1. The minimum Gasteiger partial charge on any atom is -0.423 e. The molecule has 72 valence electrons. The fourth-order valence-electron chi connectivity index (χ4n) is 1.63. The first-order valence-corrected chi connectivity index (χ1v) is 5.32. The topological polar surface area (TPSA) is 40.5 Å². The molecule has 0 aliphatic heterocycles. The van der Waals surface area contributed by atoms with E-state index in [0.29, 0.717) is 5.46 Å². The minimum absolute atomic E-state index is 0.609. The van der Waals surface area contributed by atoms with E-state index in [-0.39, 0.29) is 0 Å². The van der Waals surface area contributed by atoms with Gasteiger partial charge in [0.05, 0.1) is 0 Å². The van der Waals surface area contributed by atoms with Gasteiger partial charge in [-0.25, -0.2) is 0 Å². The van der Waals surface area contributed by atoms with E-state index in [9.17, 15) is 10.0 Å². The Hall–Kier alpha value is -0.835. The lowest BCUT2D eigenvalue weighted by atomic mass is 9.79. The number of hydrogen-bond acceptors (Lipinski definition) is 3. The van der Waals surface area contributed by atoms with Crippen LogP contribution < -0.4 is 5.46 Å². The summed E-state index contributed by atoms with van der Waals surface area (Å²) >= 11 is 1.56. The highest BCUT2D eigenvalue weighted by molar-refractivity contribution is 7.19. The van der Waals surface area contributed by atoms with Crippen molar-refractivity contribution in [3.63, 3.8) is 0 Å². The summed E-state index contributed by atoms with van der Waals surface area (Å²) in [5, 5.41) is 21.6. The van der Waals surface area contributed by atoms with Crippen molar-refractivity contribution in [2.75, 3.05) is 0 Å². The van der Waals surface area contributed by atoms with E-state index in [4.69, 9.17) is 0 Å². The molecule has 0 fully saturated rings. The standard InChI is InChI=1S/C10H11BO2S/c1-6-3-8-7(2)5-14-10(8)9(4-6)11(12)13/h3-5,12-13H,1-2H3. The SMILES string of the molecule is Cc1cc(B(O)O)c2scc(C)c2c1. The predicted molar refractivity (Wildman–Crippen MR) is 61.1 cm³/mol. The molecule has 1 heterocycles. The molecule has 4 heteroatoms. The van der Waals surface area contributed by atoms with Gasteiger partial charge in [-0.05, 0) is 30.2 Å². The van der Waals surface area contributed by atoms with Gasteiger partial charge in [0.15, 0.2) is 0 Å². The summed E-state index contributed by atoms with van der Waals surface area (Å²) < 4.78 is 0.975. The van der Waals surface area contributed by atoms with Crippen LogP contribution >= 0.6 is 11.3 Å². The molecule has 0 aliphatic carbocycles. The number of fused-ring (bicyclic) bond motifs is 1. The smallest absolute Gasteiger partial charge is 0.423 e. The molecule has 14 heavy (non-hydrogen) atoms. The molecule has 2 rings (SSSR count). The highest BCUT2D eigenvalue weighted by Gasteiger charge is 2.16. The average Bonchev–Trinajstić information content (AvgIpc) is 2.47. The number of hydrogen-bond donors (Lipinski definition) is 2. The molecule has 0 saturated heterocycles. The summed E-state index contributed by atoms with van der Waals surface area (Å²) in [5.74, 6) is 0. The fraction of sp³-hybridized carbons (Fsp3) is 0.200. The highest BCUT2D eigenvalue weighted by atomic mass is 32.1. The Morgan fingerprint density at radius 1 is 1.21 bits per heavy atom. The summed E-state index contributed by atoms with van der Waals surface area (Å²) in [6.07, 6.45) is 0. The van der Waals surface area contributed by atoms with Crippen LogP contribution in [-0.4, -0.2) is 17.2 Å². The molecule has 0 radical (unpaired) electrons. The summed E-state index contributed by atoms with van der Waals surface area (Å²) in [6.45, 7) is 3.99.